The van der Waals surface area contributed by atoms with Crippen LogP contribution < -0.4 is 5.73 Å². The van der Waals surface area contributed by atoms with Crippen molar-refractivity contribution in [2.75, 3.05) is 13.1 Å². The summed E-state index contributed by atoms with van der Waals surface area (Å²) in [6.07, 6.45) is 1.17. The molecule has 2 rings (SSSR count). The Kier molecular flexibility index (Phi) is 5.62. The molecule has 10 heteroatoms. The molecule has 118 valence electrons. The highest BCUT2D eigenvalue weighted by molar-refractivity contribution is 7.89. The van der Waals surface area contributed by atoms with Crippen LogP contribution in [0.4, 0.5) is 10.1 Å². The summed E-state index contributed by atoms with van der Waals surface area (Å²) in [4.78, 5) is 9.13. The molecule has 1 aromatic carbocycles. The molecule has 1 aromatic rings. The molecule has 0 aliphatic carbocycles. The Morgan fingerprint density at radius 2 is 2.14 bits per heavy atom. The molecule has 1 heterocycles. The SMILES string of the molecule is Cl.NCC1CCCN1S(=O)(=O)c1c(F)cccc1[N+](=O)[O-]. The molecule has 2 N–H and O–H groups in total. The number of rotatable bonds is 4. The van der Waals surface area contributed by atoms with E-state index in [9.17, 15) is 22.9 Å². The average Bonchev–Trinajstić information content (AvgIpc) is 2.87. The highest BCUT2D eigenvalue weighted by Gasteiger charge is 2.40. The molecule has 1 fully saturated rings. The van der Waals surface area contributed by atoms with Crippen LogP contribution in [-0.4, -0.2) is 36.8 Å². The number of halogens is 2. The molecule has 21 heavy (non-hydrogen) atoms. The topological polar surface area (TPSA) is 107 Å². The first-order valence-corrected chi connectivity index (χ1v) is 7.48. The van der Waals surface area contributed by atoms with Crippen LogP contribution in [0.3, 0.4) is 0 Å². The van der Waals surface area contributed by atoms with Crippen molar-refractivity contribution in [1.82, 2.24) is 4.31 Å². The van der Waals surface area contributed by atoms with Crippen LogP contribution in [0.25, 0.3) is 0 Å². The fraction of sp³-hybridized carbons (Fsp3) is 0.455. The third-order valence-corrected chi connectivity index (χ3v) is 5.32. The van der Waals surface area contributed by atoms with Crippen molar-refractivity contribution in [3.8, 4) is 0 Å². The van der Waals surface area contributed by atoms with Gasteiger partial charge in [-0.15, -0.1) is 12.4 Å². The standard InChI is InChI=1S/C11H14FN3O4S.ClH/c12-9-4-1-5-10(15(16)17)11(9)20(18,19)14-6-2-3-8(14)7-13;/h1,4-5,8H,2-3,6-7,13H2;1H. The van der Waals surface area contributed by atoms with Gasteiger partial charge in [0.25, 0.3) is 15.7 Å². The third-order valence-electron chi connectivity index (χ3n) is 3.30. The molecule has 1 unspecified atom stereocenters. The lowest BCUT2D eigenvalue weighted by atomic mass is 10.2. The summed E-state index contributed by atoms with van der Waals surface area (Å²) < 4.78 is 39.9. The Balaban J connectivity index is 0.00000220. The lowest BCUT2D eigenvalue weighted by Gasteiger charge is -2.22. The molecule has 1 aliphatic rings. The largest absolute Gasteiger partial charge is 0.329 e. The molecule has 7 nitrogen and oxygen atoms in total. The van der Waals surface area contributed by atoms with Gasteiger partial charge in [-0.2, -0.15) is 4.31 Å². The zero-order valence-electron chi connectivity index (χ0n) is 10.9. The van der Waals surface area contributed by atoms with Crippen molar-refractivity contribution in [3.05, 3.63) is 34.1 Å². The molecular formula is C11H15ClFN3O4S. The van der Waals surface area contributed by atoms with Gasteiger partial charge in [0, 0.05) is 25.2 Å². The predicted molar refractivity (Wildman–Crippen MR) is 76.3 cm³/mol. The number of nitrogens with zero attached hydrogens (tertiary/aromatic N) is 2. The Morgan fingerprint density at radius 1 is 1.48 bits per heavy atom. The van der Waals surface area contributed by atoms with Crippen LogP contribution in [0, 0.1) is 15.9 Å². The van der Waals surface area contributed by atoms with E-state index in [-0.39, 0.29) is 25.5 Å². The molecule has 1 atom stereocenters. The summed E-state index contributed by atoms with van der Waals surface area (Å²) in [6, 6.07) is 2.53. The molecule has 0 radical (unpaired) electrons. The quantitative estimate of drug-likeness (QED) is 0.656. The van der Waals surface area contributed by atoms with Gasteiger partial charge in [0.15, 0.2) is 4.90 Å². The molecule has 0 saturated carbocycles. The van der Waals surface area contributed by atoms with Crippen molar-refractivity contribution in [2.24, 2.45) is 5.73 Å². The van der Waals surface area contributed by atoms with Gasteiger partial charge >= 0.3 is 0 Å². The molecule has 0 amide bonds. The van der Waals surface area contributed by atoms with Gasteiger partial charge < -0.3 is 5.73 Å². The maximum Gasteiger partial charge on any atom is 0.292 e. The first kappa shape index (κ1) is 17.8. The van der Waals surface area contributed by atoms with Gasteiger partial charge in [-0.05, 0) is 18.9 Å². The van der Waals surface area contributed by atoms with E-state index < -0.39 is 37.4 Å². The van der Waals surface area contributed by atoms with Crippen molar-refractivity contribution >= 4 is 28.1 Å². The minimum absolute atomic E-state index is 0. The van der Waals surface area contributed by atoms with Crippen molar-refractivity contribution < 1.29 is 17.7 Å². The normalized spacial score (nSPS) is 19.2. The molecule has 0 aromatic heterocycles. The maximum atomic E-state index is 13.8. The smallest absolute Gasteiger partial charge is 0.292 e. The van der Waals surface area contributed by atoms with Gasteiger partial charge in [0.05, 0.1) is 4.92 Å². The van der Waals surface area contributed by atoms with Crippen LogP contribution in [0.2, 0.25) is 0 Å². The summed E-state index contributed by atoms with van der Waals surface area (Å²) in [7, 11) is -4.27. The van der Waals surface area contributed by atoms with E-state index in [1.54, 1.807) is 0 Å². The second kappa shape index (κ2) is 6.65. The Labute approximate surface area is 127 Å². The van der Waals surface area contributed by atoms with E-state index in [1.165, 1.54) is 0 Å². The lowest BCUT2D eigenvalue weighted by molar-refractivity contribution is -0.388. The van der Waals surface area contributed by atoms with Crippen LogP contribution >= 0.6 is 12.4 Å². The van der Waals surface area contributed by atoms with E-state index in [4.69, 9.17) is 5.73 Å². The van der Waals surface area contributed by atoms with E-state index >= 15 is 0 Å². The van der Waals surface area contributed by atoms with Crippen LogP contribution in [0.15, 0.2) is 23.1 Å². The molecule has 1 aliphatic heterocycles. The Morgan fingerprint density at radius 3 is 2.71 bits per heavy atom. The first-order valence-electron chi connectivity index (χ1n) is 6.04. The number of nitro benzene ring substituents is 1. The van der Waals surface area contributed by atoms with E-state index in [0.29, 0.717) is 12.8 Å². The summed E-state index contributed by atoms with van der Waals surface area (Å²) in [5.41, 5.74) is 4.74. The number of hydrogen-bond acceptors (Lipinski definition) is 5. The van der Waals surface area contributed by atoms with Gasteiger partial charge in [-0.3, -0.25) is 10.1 Å². The van der Waals surface area contributed by atoms with Gasteiger partial charge in [-0.25, -0.2) is 12.8 Å². The molecule has 0 bridgehead atoms. The number of benzene rings is 1. The van der Waals surface area contributed by atoms with Crippen LogP contribution in [0.5, 0.6) is 0 Å². The van der Waals surface area contributed by atoms with E-state index in [0.717, 1.165) is 22.5 Å². The van der Waals surface area contributed by atoms with Crippen molar-refractivity contribution in [2.45, 2.75) is 23.8 Å². The molecule has 0 spiro atoms. The minimum atomic E-state index is -4.27. The fourth-order valence-electron chi connectivity index (χ4n) is 2.38. The average molecular weight is 340 g/mol. The number of hydrogen-bond donors (Lipinski definition) is 1. The number of nitro groups is 1. The lowest BCUT2D eigenvalue weighted by Crippen LogP contribution is -2.40. The van der Waals surface area contributed by atoms with E-state index in [1.807, 2.05) is 0 Å². The molecular weight excluding hydrogens is 325 g/mol. The number of nitrogens with two attached hydrogens (primary N) is 1. The van der Waals surface area contributed by atoms with Gasteiger partial charge in [-0.1, -0.05) is 6.07 Å². The summed E-state index contributed by atoms with van der Waals surface area (Å²) >= 11 is 0. The minimum Gasteiger partial charge on any atom is -0.329 e. The van der Waals surface area contributed by atoms with Gasteiger partial charge in [0.1, 0.15) is 5.82 Å². The third kappa shape index (κ3) is 3.15. The monoisotopic (exact) mass is 339 g/mol. The summed E-state index contributed by atoms with van der Waals surface area (Å²) in [5.74, 6) is -1.12. The zero-order valence-corrected chi connectivity index (χ0v) is 12.6. The van der Waals surface area contributed by atoms with Crippen molar-refractivity contribution in [3.63, 3.8) is 0 Å². The molecule has 1 saturated heterocycles. The summed E-state index contributed by atoms with van der Waals surface area (Å²) in [6.45, 7) is 0.289. The van der Waals surface area contributed by atoms with Crippen molar-refractivity contribution in [1.29, 1.82) is 0 Å². The van der Waals surface area contributed by atoms with Crippen LogP contribution in [0.1, 0.15) is 12.8 Å². The highest BCUT2D eigenvalue weighted by Crippen LogP contribution is 2.32. The fourth-order valence-corrected chi connectivity index (χ4v) is 4.28. The Hall–Kier alpha value is -1.29. The predicted octanol–water partition coefficient (Wildman–Crippen LogP) is 1.27. The summed E-state index contributed by atoms with van der Waals surface area (Å²) in [5, 5.41) is 10.9. The zero-order chi connectivity index (χ0) is 14.9. The number of sulfonamides is 1. The Bertz CT molecular complexity index is 640. The highest BCUT2D eigenvalue weighted by atomic mass is 35.5. The first-order chi connectivity index (χ1) is 9.39. The van der Waals surface area contributed by atoms with Crippen LogP contribution in [-0.2, 0) is 10.0 Å². The second-order valence-electron chi connectivity index (χ2n) is 4.49. The second-order valence-corrected chi connectivity index (χ2v) is 6.32. The maximum absolute atomic E-state index is 13.8. The van der Waals surface area contributed by atoms with Gasteiger partial charge in [0.2, 0.25) is 0 Å². The van der Waals surface area contributed by atoms with E-state index in [2.05, 4.69) is 0 Å².